The Hall–Kier alpha value is -2.65. The third kappa shape index (κ3) is 3.76. The largest absolute Gasteiger partial charge is 0.458 e. The minimum absolute atomic E-state index is 0.00665. The van der Waals surface area contributed by atoms with Gasteiger partial charge in [0.15, 0.2) is 0 Å². The molecule has 2 aromatic rings. The van der Waals surface area contributed by atoms with E-state index in [1.54, 1.807) is 0 Å². The van der Waals surface area contributed by atoms with Crippen LogP contribution in [0, 0.1) is 13.8 Å². The molecule has 3 aliphatic rings. The second-order valence-electron chi connectivity index (χ2n) is 9.61. The highest BCUT2D eigenvalue weighted by Crippen LogP contribution is 2.57. The lowest BCUT2D eigenvalue weighted by Gasteiger charge is -2.29. The highest BCUT2D eigenvalue weighted by Gasteiger charge is 2.46. The maximum Gasteiger partial charge on any atom is 0.309 e. The van der Waals surface area contributed by atoms with Crippen molar-refractivity contribution in [3.8, 4) is 0 Å². The van der Waals surface area contributed by atoms with E-state index in [0.717, 1.165) is 12.8 Å². The summed E-state index contributed by atoms with van der Waals surface area (Å²) in [5.74, 6) is 0.221. The Balaban J connectivity index is 1.46. The van der Waals surface area contributed by atoms with E-state index >= 15 is 0 Å². The summed E-state index contributed by atoms with van der Waals surface area (Å²) >= 11 is 0. The highest BCUT2D eigenvalue weighted by molar-refractivity contribution is 5.73. The minimum atomic E-state index is -0.611. The molecule has 0 bridgehead atoms. The molecule has 5 rings (SSSR count). The first-order chi connectivity index (χ1) is 14.9. The lowest BCUT2D eigenvalue weighted by atomic mass is 9.74. The predicted octanol–water partition coefficient (Wildman–Crippen LogP) is 5.53. The Morgan fingerprint density at radius 1 is 1.13 bits per heavy atom. The molecule has 2 fully saturated rings. The van der Waals surface area contributed by atoms with Crippen LogP contribution in [0.4, 0.5) is 0 Å². The van der Waals surface area contributed by atoms with Gasteiger partial charge in [-0.15, -0.1) is 0 Å². The molecule has 3 nitrogen and oxygen atoms in total. The summed E-state index contributed by atoms with van der Waals surface area (Å²) in [6, 6.07) is 15.7. The van der Waals surface area contributed by atoms with Crippen LogP contribution < -0.4 is 0 Å². The monoisotopic (exact) mass is 414 g/mol. The smallest absolute Gasteiger partial charge is 0.309 e. The van der Waals surface area contributed by atoms with Crippen LogP contribution in [-0.2, 0) is 14.9 Å². The van der Waals surface area contributed by atoms with Gasteiger partial charge in [-0.1, -0.05) is 65.7 Å². The Bertz CT molecular complexity index is 1060. The maximum atomic E-state index is 11.7. The summed E-state index contributed by atoms with van der Waals surface area (Å²) in [5, 5.41) is 9.95. The van der Waals surface area contributed by atoms with Crippen LogP contribution in [0.25, 0.3) is 6.08 Å². The SMILES string of the molecule is Cc1cc(C)cc(C2CCC3(C2)C(/C=C/[C@H]2C[C@H](O)CC(=O)O2)=Cc2ccccc23)c1. The number of aliphatic hydroxyl groups excluding tert-OH is 1. The zero-order chi connectivity index (χ0) is 21.6. The molecule has 2 aliphatic carbocycles. The van der Waals surface area contributed by atoms with Crippen molar-refractivity contribution in [3.05, 3.63) is 88.0 Å². The molecule has 1 aliphatic heterocycles. The number of allylic oxidation sites excluding steroid dienone is 2. The molecule has 0 amide bonds. The van der Waals surface area contributed by atoms with Crippen LogP contribution in [0.5, 0.6) is 0 Å². The van der Waals surface area contributed by atoms with Gasteiger partial charge in [-0.2, -0.15) is 0 Å². The summed E-state index contributed by atoms with van der Waals surface area (Å²) < 4.78 is 5.45. The number of hydrogen-bond acceptors (Lipinski definition) is 3. The fraction of sp³-hybridized carbons (Fsp3) is 0.393. The second-order valence-corrected chi connectivity index (χ2v) is 9.61. The van der Waals surface area contributed by atoms with Crippen LogP contribution in [-0.4, -0.2) is 23.3 Å². The molecule has 160 valence electrons. The topological polar surface area (TPSA) is 46.5 Å². The standard InChI is InChI=1S/C28H30O3/c1-18-11-19(2)13-22(12-18)21-9-10-28(17-21)23(14-20-5-3-4-6-26(20)28)7-8-25-15-24(29)16-27(30)31-25/h3-8,11-14,21,24-25,29H,9-10,15-17H2,1-2H3/b8-7+/t21?,24-,25-,28?/m0/s1. The van der Waals surface area contributed by atoms with Gasteiger partial charge < -0.3 is 9.84 Å². The van der Waals surface area contributed by atoms with Crippen LogP contribution in [0.1, 0.15) is 65.8 Å². The molecule has 0 aromatic heterocycles. The molecule has 1 heterocycles. The summed E-state index contributed by atoms with van der Waals surface area (Å²) in [4.78, 5) is 11.7. The minimum Gasteiger partial charge on any atom is -0.458 e. The van der Waals surface area contributed by atoms with Gasteiger partial charge >= 0.3 is 5.97 Å². The molecule has 3 heteroatoms. The van der Waals surface area contributed by atoms with E-state index in [4.69, 9.17) is 4.74 Å². The van der Waals surface area contributed by atoms with Crippen LogP contribution in [0.2, 0.25) is 0 Å². The summed E-state index contributed by atoms with van der Waals surface area (Å²) in [5.41, 5.74) is 8.13. The summed E-state index contributed by atoms with van der Waals surface area (Å²) in [7, 11) is 0. The van der Waals surface area contributed by atoms with E-state index in [9.17, 15) is 9.90 Å². The number of hydrogen-bond donors (Lipinski definition) is 1. The van der Waals surface area contributed by atoms with E-state index in [0.29, 0.717) is 12.3 Å². The van der Waals surface area contributed by atoms with Gasteiger partial charge in [-0.3, -0.25) is 4.79 Å². The van der Waals surface area contributed by atoms with Crippen molar-refractivity contribution in [1.29, 1.82) is 0 Å². The highest BCUT2D eigenvalue weighted by atomic mass is 16.5. The predicted molar refractivity (Wildman–Crippen MR) is 123 cm³/mol. The Kier molecular flexibility index (Phi) is 5.10. The molecular weight excluding hydrogens is 384 g/mol. The third-order valence-electron chi connectivity index (χ3n) is 7.25. The second kappa shape index (κ2) is 7.80. The number of cyclic esters (lactones) is 1. The Morgan fingerprint density at radius 3 is 2.68 bits per heavy atom. The van der Waals surface area contributed by atoms with Gasteiger partial charge in [0.25, 0.3) is 0 Å². The van der Waals surface area contributed by atoms with Gasteiger partial charge in [0, 0.05) is 11.8 Å². The number of benzene rings is 2. The quantitative estimate of drug-likeness (QED) is 0.672. The van der Waals surface area contributed by atoms with Crippen LogP contribution in [0.3, 0.4) is 0 Å². The number of carbonyl (C=O) groups excluding carboxylic acids is 1. The van der Waals surface area contributed by atoms with Crippen LogP contribution in [0.15, 0.2) is 60.2 Å². The Morgan fingerprint density at radius 2 is 1.90 bits per heavy atom. The van der Waals surface area contributed by atoms with E-state index in [2.05, 4.69) is 68.5 Å². The Labute approximate surface area is 184 Å². The number of aliphatic hydroxyl groups is 1. The van der Waals surface area contributed by atoms with E-state index < -0.39 is 6.10 Å². The zero-order valence-corrected chi connectivity index (χ0v) is 18.3. The van der Waals surface area contributed by atoms with E-state index in [1.807, 2.05) is 6.08 Å². The number of fused-ring (bicyclic) bond motifs is 2. The van der Waals surface area contributed by atoms with Crippen molar-refractivity contribution in [2.75, 3.05) is 0 Å². The van der Waals surface area contributed by atoms with Crippen molar-refractivity contribution < 1.29 is 14.6 Å². The fourth-order valence-electron chi connectivity index (χ4n) is 5.95. The first-order valence-corrected chi connectivity index (χ1v) is 11.4. The first kappa shape index (κ1) is 20.3. The lowest BCUT2D eigenvalue weighted by molar-refractivity contribution is -0.156. The van der Waals surface area contributed by atoms with Crippen molar-refractivity contribution in [2.45, 2.75) is 69.5 Å². The molecular formula is C28H30O3. The summed E-state index contributed by atoms with van der Waals surface area (Å²) in [6.07, 6.45) is 9.41. The molecule has 1 N–H and O–H groups in total. The van der Waals surface area contributed by atoms with Crippen molar-refractivity contribution in [1.82, 2.24) is 0 Å². The normalized spacial score (nSPS) is 30.0. The maximum absolute atomic E-state index is 11.7. The van der Waals surface area contributed by atoms with Crippen molar-refractivity contribution in [3.63, 3.8) is 0 Å². The first-order valence-electron chi connectivity index (χ1n) is 11.4. The lowest BCUT2D eigenvalue weighted by Crippen LogP contribution is -2.31. The van der Waals surface area contributed by atoms with Gasteiger partial charge in [0.05, 0.1) is 12.5 Å². The number of aryl methyl sites for hydroxylation is 2. The number of ether oxygens (including phenoxy) is 1. The molecule has 1 spiro atoms. The van der Waals surface area contributed by atoms with Crippen molar-refractivity contribution >= 4 is 12.0 Å². The molecule has 2 aromatic carbocycles. The number of carbonyl (C=O) groups is 1. The molecule has 1 saturated carbocycles. The average Bonchev–Trinajstić information content (AvgIpc) is 3.28. The molecule has 4 atom stereocenters. The average molecular weight is 415 g/mol. The molecule has 31 heavy (non-hydrogen) atoms. The van der Waals surface area contributed by atoms with Crippen molar-refractivity contribution in [2.24, 2.45) is 0 Å². The fourth-order valence-corrected chi connectivity index (χ4v) is 5.95. The van der Waals surface area contributed by atoms with E-state index in [-0.39, 0.29) is 23.9 Å². The zero-order valence-electron chi connectivity index (χ0n) is 18.3. The van der Waals surface area contributed by atoms with Crippen LogP contribution >= 0.6 is 0 Å². The number of esters is 1. The molecule has 1 saturated heterocycles. The number of rotatable bonds is 3. The summed E-state index contributed by atoms with van der Waals surface area (Å²) in [6.45, 7) is 4.36. The van der Waals surface area contributed by atoms with Gasteiger partial charge in [0.1, 0.15) is 6.10 Å². The van der Waals surface area contributed by atoms with Gasteiger partial charge in [-0.05, 0) is 67.4 Å². The van der Waals surface area contributed by atoms with Gasteiger partial charge in [0.2, 0.25) is 0 Å². The molecule has 2 unspecified atom stereocenters. The van der Waals surface area contributed by atoms with Gasteiger partial charge in [-0.25, -0.2) is 0 Å². The third-order valence-corrected chi connectivity index (χ3v) is 7.25. The van der Waals surface area contributed by atoms with E-state index in [1.165, 1.54) is 39.8 Å². The molecule has 0 radical (unpaired) electrons.